The van der Waals surface area contributed by atoms with Crippen LogP contribution in [0.15, 0.2) is 67.0 Å². The average molecular weight is 372 g/mol. The van der Waals surface area contributed by atoms with E-state index in [1.54, 1.807) is 31.6 Å². The Morgan fingerprint density at radius 1 is 0.964 bits per heavy atom. The summed E-state index contributed by atoms with van der Waals surface area (Å²) >= 11 is 0. The number of nitrogens with two attached hydrogens (primary N) is 1. The molecule has 4 N–H and O–H groups in total. The summed E-state index contributed by atoms with van der Waals surface area (Å²) in [7, 11) is 1.62. The van der Waals surface area contributed by atoms with Gasteiger partial charge in [0, 0.05) is 30.4 Å². The molecule has 7 heteroatoms. The van der Waals surface area contributed by atoms with E-state index in [0.29, 0.717) is 29.7 Å². The maximum atomic E-state index is 6.08. The lowest BCUT2D eigenvalue weighted by Crippen LogP contribution is -2.06. The minimum Gasteiger partial charge on any atom is -0.497 e. The fourth-order valence-corrected chi connectivity index (χ4v) is 2.84. The zero-order chi connectivity index (χ0) is 19.3. The highest BCUT2D eigenvalue weighted by atomic mass is 16.5. The van der Waals surface area contributed by atoms with Crippen molar-refractivity contribution in [2.24, 2.45) is 0 Å². The lowest BCUT2D eigenvalue weighted by atomic mass is 10.1. The molecule has 0 aliphatic carbocycles. The van der Waals surface area contributed by atoms with E-state index in [-0.39, 0.29) is 0 Å². The molecule has 0 fully saturated rings. The first-order valence-electron chi connectivity index (χ1n) is 8.82. The Bertz CT molecular complexity index is 1110. The van der Waals surface area contributed by atoms with Gasteiger partial charge < -0.3 is 21.1 Å². The van der Waals surface area contributed by atoms with Crippen molar-refractivity contribution in [3.63, 3.8) is 0 Å². The molecule has 0 radical (unpaired) electrons. The van der Waals surface area contributed by atoms with Crippen LogP contribution in [0.25, 0.3) is 10.9 Å². The summed E-state index contributed by atoms with van der Waals surface area (Å²) in [6, 6.07) is 17.3. The summed E-state index contributed by atoms with van der Waals surface area (Å²) in [6.45, 7) is 0.600. The van der Waals surface area contributed by atoms with Gasteiger partial charge in [-0.1, -0.05) is 12.1 Å². The van der Waals surface area contributed by atoms with Crippen molar-refractivity contribution in [3.8, 4) is 5.75 Å². The summed E-state index contributed by atoms with van der Waals surface area (Å²) in [5, 5.41) is 7.56. The Hall–Kier alpha value is -3.87. The highest BCUT2D eigenvalue weighted by Gasteiger charge is 2.06. The van der Waals surface area contributed by atoms with Gasteiger partial charge in [0.05, 0.1) is 18.3 Å². The van der Waals surface area contributed by atoms with E-state index in [4.69, 9.17) is 10.5 Å². The zero-order valence-electron chi connectivity index (χ0n) is 15.4. The molecule has 0 saturated carbocycles. The summed E-state index contributed by atoms with van der Waals surface area (Å²) in [5.74, 6) is 2.61. The molecule has 28 heavy (non-hydrogen) atoms. The van der Waals surface area contributed by atoms with Crippen molar-refractivity contribution < 1.29 is 4.74 Å². The van der Waals surface area contributed by atoms with Gasteiger partial charge in [-0.25, -0.2) is 9.97 Å². The van der Waals surface area contributed by atoms with E-state index in [1.165, 1.54) is 0 Å². The number of hydrogen-bond donors (Lipinski definition) is 3. The molecule has 1 aromatic carbocycles. The highest BCUT2D eigenvalue weighted by molar-refractivity contribution is 5.79. The largest absolute Gasteiger partial charge is 0.497 e. The fraction of sp³-hybridized carbons (Fsp3) is 0.0952. The molecule has 0 unspecified atom stereocenters. The number of pyridine rings is 3. The Kier molecular flexibility index (Phi) is 4.88. The molecular weight excluding hydrogens is 352 g/mol. The van der Waals surface area contributed by atoms with E-state index in [9.17, 15) is 0 Å². The van der Waals surface area contributed by atoms with Gasteiger partial charge in [-0.3, -0.25) is 4.98 Å². The molecule has 0 amide bonds. The summed E-state index contributed by atoms with van der Waals surface area (Å²) in [6.07, 6.45) is 3.47. The smallest absolute Gasteiger partial charge is 0.151 e. The maximum Gasteiger partial charge on any atom is 0.151 e. The monoisotopic (exact) mass is 372 g/mol. The third-order valence-electron chi connectivity index (χ3n) is 4.28. The molecule has 3 heterocycles. The summed E-state index contributed by atoms with van der Waals surface area (Å²) < 4.78 is 5.22. The van der Waals surface area contributed by atoms with E-state index >= 15 is 0 Å². The van der Waals surface area contributed by atoms with Crippen LogP contribution >= 0.6 is 0 Å². The number of aromatic nitrogens is 3. The number of benzene rings is 1. The number of nitrogens with zero attached hydrogens (tertiary/aromatic N) is 3. The molecule has 0 saturated heterocycles. The van der Waals surface area contributed by atoms with Crippen molar-refractivity contribution in [1.29, 1.82) is 0 Å². The van der Waals surface area contributed by atoms with Crippen molar-refractivity contribution in [2.45, 2.75) is 6.54 Å². The normalized spacial score (nSPS) is 10.6. The third kappa shape index (κ3) is 3.93. The minimum absolute atomic E-state index is 0.576. The molecular formula is C21H20N6O. The van der Waals surface area contributed by atoms with Gasteiger partial charge in [-0.05, 0) is 42.0 Å². The SMILES string of the molecule is COc1ccnc(Nc2ccc(N)c(NCc3ccc4ncccc4c3)n2)c1. The van der Waals surface area contributed by atoms with E-state index in [0.717, 1.165) is 22.2 Å². The standard InChI is InChI=1S/C21H20N6O/c1-28-16-8-10-24-20(12-16)26-19-7-5-17(22)21(27-19)25-13-14-4-6-18-15(11-14)3-2-9-23-18/h2-12H,13,22H2,1H3,(H2,24,25,26,27). The first-order chi connectivity index (χ1) is 13.7. The molecule has 0 aliphatic rings. The fourth-order valence-electron chi connectivity index (χ4n) is 2.84. The predicted octanol–water partition coefficient (Wildman–Crippen LogP) is 3.97. The number of methoxy groups -OCH3 is 1. The average Bonchev–Trinajstić information content (AvgIpc) is 2.74. The Balaban J connectivity index is 1.50. The van der Waals surface area contributed by atoms with E-state index < -0.39 is 0 Å². The second-order valence-corrected chi connectivity index (χ2v) is 6.22. The number of nitrogen functional groups attached to an aromatic ring is 1. The van der Waals surface area contributed by atoms with Gasteiger partial charge in [-0.2, -0.15) is 0 Å². The first-order valence-corrected chi connectivity index (χ1v) is 8.82. The van der Waals surface area contributed by atoms with Gasteiger partial charge in [0.1, 0.15) is 17.4 Å². The van der Waals surface area contributed by atoms with Crippen LogP contribution in [0.1, 0.15) is 5.56 Å². The van der Waals surface area contributed by atoms with Gasteiger partial charge in [0.2, 0.25) is 0 Å². The topological polar surface area (TPSA) is 98.0 Å². The van der Waals surface area contributed by atoms with Crippen molar-refractivity contribution in [1.82, 2.24) is 15.0 Å². The quantitative estimate of drug-likeness (QED) is 0.471. The van der Waals surface area contributed by atoms with Crippen molar-refractivity contribution in [2.75, 3.05) is 23.5 Å². The lowest BCUT2D eigenvalue weighted by molar-refractivity contribution is 0.414. The summed E-state index contributed by atoms with van der Waals surface area (Å²) in [5.41, 5.74) is 8.75. The molecule has 0 aliphatic heterocycles. The molecule has 140 valence electrons. The number of anilines is 4. The number of ether oxygens (including phenoxy) is 1. The molecule has 7 nitrogen and oxygen atoms in total. The van der Waals surface area contributed by atoms with Crippen LogP contribution in [-0.4, -0.2) is 22.1 Å². The Morgan fingerprint density at radius 3 is 2.79 bits per heavy atom. The lowest BCUT2D eigenvalue weighted by Gasteiger charge is -2.12. The van der Waals surface area contributed by atoms with E-state index in [2.05, 4.69) is 31.7 Å². The second kappa shape index (κ2) is 7.79. The Labute approximate surface area is 162 Å². The van der Waals surface area contributed by atoms with Crippen LogP contribution in [0.5, 0.6) is 5.75 Å². The highest BCUT2D eigenvalue weighted by Crippen LogP contribution is 2.23. The molecule has 0 atom stereocenters. The third-order valence-corrected chi connectivity index (χ3v) is 4.28. The van der Waals surface area contributed by atoms with Crippen molar-refractivity contribution >= 4 is 34.0 Å². The number of fused-ring (bicyclic) bond motifs is 1. The number of rotatable bonds is 6. The number of nitrogens with one attached hydrogen (secondary N) is 2. The van der Waals surface area contributed by atoms with Crippen LogP contribution < -0.4 is 21.1 Å². The van der Waals surface area contributed by atoms with Gasteiger partial charge >= 0.3 is 0 Å². The predicted molar refractivity (Wildman–Crippen MR) is 112 cm³/mol. The molecule has 0 spiro atoms. The van der Waals surface area contributed by atoms with E-state index in [1.807, 2.05) is 36.4 Å². The van der Waals surface area contributed by atoms with Gasteiger partial charge in [0.25, 0.3) is 0 Å². The first kappa shape index (κ1) is 17.5. The van der Waals surface area contributed by atoms with Crippen LogP contribution in [0.4, 0.5) is 23.1 Å². The van der Waals surface area contributed by atoms with Crippen molar-refractivity contribution in [3.05, 3.63) is 72.6 Å². The minimum atomic E-state index is 0.576. The van der Waals surface area contributed by atoms with Crippen LogP contribution in [0.3, 0.4) is 0 Å². The number of hydrogen-bond acceptors (Lipinski definition) is 7. The molecule has 0 bridgehead atoms. The molecule has 4 aromatic rings. The molecule has 4 rings (SSSR count). The molecule has 3 aromatic heterocycles. The van der Waals surface area contributed by atoms with Gasteiger partial charge in [0.15, 0.2) is 5.82 Å². The Morgan fingerprint density at radius 2 is 1.89 bits per heavy atom. The van der Waals surface area contributed by atoms with Crippen LogP contribution in [0.2, 0.25) is 0 Å². The van der Waals surface area contributed by atoms with Crippen LogP contribution in [0, 0.1) is 0 Å². The second-order valence-electron chi connectivity index (χ2n) is 6.22. The summed E-state index contributed by atoms with van der Waals surface area (Å²) in [4.78, 5) is 13.2. The zero-order valence-corrected chi connectivity index (χ0v) is 15.4. The van der Waals surface area contributed by atoms with Crippen LogP contribution in [-0.2, 0) is 6.54 Å². The van der Waals surface area contributed by atoms with Gasteiger partial charge in [-0.15, -0.1) is 0 Å². The maximum absolute atomic E-state index is 6.08.